The van der Waals surface area contributed by atoms with Crippen LogP contribution in [0, 0.1) is 23.2 Å². The van der Waals surface area contributed by atoms with Crippen LogP contribution < -0.4 is 60.6 Å². The minimum Gasteiger partial charge on any atom is -0.480 e. The van der Waals surface area contributed by atoms with Crippen molar-refractivity contribution in [2.45, 2.75) is 121 Å². The summed E-state index contributed by atoms with van der Waals surface area (Å²) in [7, 11) is 0. The number of nitrogens with two attached hydrogens (primary N) is 5. The molecule has 2 aromatic carbocycles. The predicted molar refractivity (Wildman–Crippen MR) is 281 cm³/mol. The summed E-state index contributed by atoms with van der Waals surface area (Å²) < 4.78 is 0. The zero-order valence-corrected chi connectivity index (χ0v) is 42.8. The number of carboxylic acid groups (broad SMARTS) is 1. The Bertz CT molecular complexity index is 2710. The lowest BCUT2D eigenvalue weighted by Crippen LogP contribution is -2.58. The Morgan fingerprint density at radius 1 is 0.792 bits per heavy atom. The van der Waals surface area contributed by atoms with Crippen LogP contribution >= 0.6 is 0 Å². The molecule has 414 valence electrons. The number of hydrogen-bond donors (Lipinski definition) is 13. The summed E-state index contributed by atoms with van der Waals surface area (Å²) in [5, 5.41) is 35.7. The first-order valence-corrected chi connectivity index (χ1v) is 25.1. The molecule has 77 heavy (non-hydrogen) atoms. The summed E-state index contributed by atoms with van der Waals surface area (Å²) in [6.07, 6.45) is -1.00. The summed E-state index contributed by atoms with van der Waals surface area (Å²) in [5.74, 6) is -11.5. The molecule has 1 aromatic heterocycles. The molecule has 0 bridgehead atoms. The zero-order valence-electron chi connectivity index (χ0n) is 42.8. The topological polar surface area (TPSA) is 458 Å². The second-order valence-electron chi connectivity index (χ2n) is 18.7. The number of carboxylic acids is 1. The maximum absolute atomic E-state index is 14.7. The number of aromatic nitrogens is 1. The molecule has 1 aliphatic heterocycles. The van der Waals surface area contributed by atoms with Crippen molar-refractivity contribution in [1.29, 1.82) is 5.26 Å². The normalized spacial score (nSPS) is 20.9. The van der Waals surface area contributed by atoms with E-state index in [1.54, 1.807) is 24.4 Å². The van der Waals surface area contributed by atoms with Crippen LogP contribution in [0.3, 0.4) is 0 Å². The number of hydrogen-bond acceptors (Lipinski definition) is 13. The van der Waals surface area contributed by atoms with E-state index in [9.17, 15) is 58.3 Å². The number of nitriles is 1. The molecule has 26 heteroatoms. The standard InChI is InChI=1S/C51H69N15O11/c1-28(67)62-36(10-5-20-60-51(56)57)46(73)63-37-16-17-44(71)58-18-6-11-38(49(76)77)64-45(72)32(22-33-27-61-35-9-3-2-8-34(33)35)24-41(68)31(7-4-19-59-50(54)55)23-42(69)39(21-29-12-14-30(26-52)15-13-29)65-48(75)40(25-43(53)70)66-47(37)74/h2-3,8-9,12-15,27,31-32,36-40,61H,4-7,10-11,16-25H2,1H3,(H2,53,70)(H,58,71)(H,62,67)(H,63,73)(H,64,72)(H,65,75)(H,66,74)(H,76,77)(H4,54,55,59)(H4,56,57,60)/t31-,32-,36+,37+,38+,39-,40+/m1/s1. The van der Waals surface area contributed by atoms with E-state index in [-0.39, 0.29) is 88.5 Å². The van der Waals surface area contributed by atoms with Crippen molar-refractivity contribution in [1.82, 2.24) is 36.9 Å². The van der Waals surface area contributed by atoms with Gasteiger partial charge in [0.05, 0.1) is 24.1 Å². The molecule has 0 unspecified atom stereocenters. The number of rotatable bonds is 18. The van der Waals surface area contributed by atoms with E-state index in [1.807, 2.05) is 24.3 Å². The number of carbonyl (C=O) groups excluding carboxylic acids is 9. The van der Waals surface area contributed by atoms with Crippen molar-refractivity contribution in [3.63, 3.8) is 0 Å². The third kappa shape index (κ3) is 20.7. The van der Waals surface area contributed by atoms with E-state index < -0.39 is 133 Å². The van der Waals surface area contributed by atoms with Gasteiger partial charge in [0, 0.05) is 74.8 Å². The molecule has 4 rings (SSSR count). The molecule has 1 fully saturated rings. The van der Waals surface area contributed by atoms with Gasteiger partial charge in [-0.3, -0.25) is 53.1 Å². The van der Waals surface area contributed by atoms with Crippen LogP contribution in [0.4, 0.5) is 0 Å². The summed E-state index contributed by atoms with van der Waals surface area (Å²) in [6, 6.07) is 7.69. The van der Waals surface area contributed by atoms with Crippen LogP contribution in [0.25, 0.3) is 10.9 Å². The van der Waals surface area contributed by atoms with Crippen LogP contribution in [-0.2, 0) is 60.8 Å². The predicted octanol–water partition coefficient (Wildman–Crippen LogP) is -1.82. The number of nitrogens with zero attached hydrogens (tertiary/aromatic N) is 3. The first-order valence-electron chi connectivity index (χ1n) is 25.1. The number of amides is 7. The highest BCUT2D eigenvalue weighted by Gasteiger charge is 2.36. The first-order chi connectivity index (χ1) is 36.6. The molecule has 0 spiro atoms. The monoisotopic (exact) mass is 1070 g/mol. The summed E-state index contributed by atoms with van der Waals surface area (Å²) in [4.78, 5) is 148. The fourth-order valence-electron chi connectivity index (χ4n) is 8.70. The molecule has 26 nitrogen and oxygen atoms in total. The van der Waals surface area contributed by atoms with Gasteiger partial charge in [-0.25, -0.2) is 4.79 Å². The number of H-pyrrole nitrogens is 1. The average Bonchev–Trinajstić information content (AvgIpc) is 3.79. The SMILES string of the molecule is CC(=O)N[C@@H](CCCN=C(N)N)C(=O)N[C@H]1CCC(=O)NCCC[C@@H](C(=O)O)NC(=O)[C@H](Cc2c[nH]c3ccccc23)CC(=O)[C@H](CCCN=C(N)N)CC(=O)[C@@H](Cc2ccc(C#N)cc2)NC(=O)[C@H](CC(N)=O)NC1=O. The van der Waals surface area contributed by atoms with Gasteiger partial charge in [-0.05, 0) is 87.1 Å². The number of fused-ring (bicyclic) bond motifs is 1. The second-order valence-corrected chi connectivity index (χ2v) is 18.7. The molecular formula is C51H69N15O11. The molecule has 0 aliphatic carbocycles. The Kier molecular flexibility index (Phi) is 24.0. The highest BCUT2D eigenvalue weighted by molar-refractivity contribution is 5.99. The first kappa shape index (κ1) is 60.7. The summed E-state index contributed by atoms with van der Waals surface area (Å²) in [6.45, 7) is 1.19. The zero-order chi connectivity index (χ0) is 56.6. The highest BCUT2D eigenvalue weighted by Crippen LogP contribution is 2.26. The van der Waals surface area contributed by atoms with E-state index in [4.69, 9.17) is 28.7 Å². The minimum absolute atomic E-state index is 0.0102. The van der Waals surface area contributed by atoms with E-state index in [0.29, 0.717) is 11.1 Å². The average molecular weight is 1070 g/mol. The number of benzene rings is 2. The summed E-state index contributed by atoms with van der Waals surface area (Å²) in [5.41, 5.74) is 29.7. The van der Waals surface area contributed by atoms with Crippen molar-refractivity contribution in [3.8, 4) is 6.07 Å². The fourth-order valence-corrected chi connectivity index (χ4v) is 8.70. The number of aliphatic carboxylic acids is 1. The Morgan fingerprint density at radius 2 is 1.45 bits per heavy atom. The van der Waals surface area contributed by atoms with E-state index in [1.165, 1.54) is 12.1 Å². The van der Waals surface area contributed by atoms with Gasteiger partial charge in [-0.2, -0.15) is 5.26 Å². The highest BCUT2D eigenvalue weighted by atomic mass is 16.4. The van der Waals surface area contributed by atoms with Gasteiger partial charge in [0.2, 0.25) is 41.4 Å². The molecule has 1 saturated heterocycles. The molecule has 1 aliphatic rings. The van der Waals surface area contributed by atoms with E-state index in [0.717, 1.165) is 17.8 Å². The molecule has 0 radical (unpaired) electrons. The lowest BCUT2D eigenvalue weighted by atomic mass is 9.83. The van der Waals surface area contributed by atoms with Crippen molar-refractivity contribution in [3.05, 3.63) is 71.4 Å². The van der Waals surface area contributed by atoms with Crippen molar-refractivity contribution < 1.29 is 53.1 Å². The lowest BCUT2D eigenvalue weighted by molar-refractivity contribution is -0.143. The van der Waals surface area contributed by atoms with E-state index >= 15 is 0 Å². The molecule has 18 N–H and O–H groups in total. The third-order valence-corrected chi connectivity index (χ3v) is 12.7. The maximum atomic E-state index is 14.7. The Morgan fingerprint density at radius 3 is 2.10 bits per heavy atom. The van der Waals surface area contributed by atoms with Crippen LogP contribution in [0.1, 0.15) is 94.2 Å². The number of para-hydroxylation sites is 1. The van der Waals surface area contributed by atoms with Gasteiger partial charge in [0.1, 0.15) is 30.0 Å². The number of Topliss-reactive ketones (excluding diaryl/α,β-unsaturated/α-hetero) is 2. The number of aliphatic imine (C=N–C) groups is 2. The van der Waals surface area contributed by atoms with Gasteiger partial charge in [0.15, 0.2) is 17.7 Å². The quantitative estimate of drug-likeness (QED) is 0.0379. The number of ketones is 2. The molecule has 7 atom stereocenters. The van der Waals surface area contributed by atoms with Crippen molar-refractivity contribution in [2.75, 3.05) is 19.6 Å². The number of nitrogens with one attached hydrogen (secondary N) is 7. The number of aromatic amines is 1. The largest absolute Gasteiger partial charge is 0.480 e. The molecule has 2 heterocycles. The number of primary amides is 1. The minimum atomic E-state index is -1.79. The van der Waals surface area contributed by atoms with Crippen LogP contribution in [0.15, 0.2) is 64.7 Å². The molecular weight excluding hydrogens is 999 g/mol. The van der Waals surface area contributed by atoms with Gasteiger partial charge in [0.25, 0.3) is 0 Å². The Labute approximate surface area is 443 Å². The second kappa shape index (κ2) is 30.5. The van der Waals surface area contributed by atoms with Crippen molar-refractivity contribution in [2.24, 2.45) is 50.5 Å². The lowest BCUT2D eigenvalue weighted by Gasteiger charge is -2.27. The molecule has 3 aromatic rings. The Hall–Kier alpha value is -8.89. The van der Waals surface area contributed by atoms with Gasteiger partial charge in [-0.1, -0.05) is 30.3 Å². The van der Waals surface area contributed by atoms with Gasteiger partial charge in [-0.15, -0.1) is 0 Å². The van der Waals surface area contributed by atoms with Crippen molar-refractivity contribution >= 4 is 81.7 Å². The molecule has 7 amide bonds. The maximum Gasteiger partial charge on any atom is 0.326 e. The van der Waals surface area contributed by atoms with Crippen LogP contribution in [0.5, 0.6) is 0 Å². The summed E-state index contributed by atoms with van der Waals surface area (Å²) >= 11 is 0. The number of guanidine groups is 2. The van der Waals surface area contributed by atoms with Crippen LogP contribution in [0.2, 0.25) is 0 Å². The smallest absolute Gasteiger partial charge is 0.326 e. The third-order valence-electron chi connectivity index (χ3n) is 12.7. The van der Waals surface area contributed by atoms with Crippen LogP contribution in [-0.4, -0.2) is 131 Å². The Balaban J connectivity index is 1.80. The van der Waals surface area contributed by atoms with Gasteiger partial charge < -0.3 is 70.7 Å². The molecule has 0 saturated carbocycles. The fraction of sp³-hybridized carbons (Fsp3) is 0.471. The van der Waals surface area contributed by atoms with E-state index in [2.05, 4.69) is 46.9 Å². The van der Waals surface area contributed by atoms with Gasteiger partial charge >= 0.3 is 5.97 Å². The number of carbonyl (C=O) groups is 10.